The molecular weight excluding hydrogens is 825 g/mol. The van der Waals surface area contributed by atoms with Crippen LogP contribution in [0.3, 0.4) is 0 Å². The van der Waals surface area contributed by atoms with Gasteiger partial charge in [0.1, 0.15) is 11.5 Å². The van der Waals surface area contributed by atoms with E-state index in [2.05, 4.69) is 264 Å². The molecule has 0 bridgehead atoms. The number of hydrogen-bond acceptors (Lipinski definition) is 2. The summed E-state index contributed by atoms with van der Waals surface area (Å²) in [6.45, 7) is 0. The standard InChI is InChI=1S/C65H42N2O/c1-3-19-43(20-4-1)48-25-7-12-32-58(48)66(46-38-40-61-53(41-46)51-27-9-14-34-60(51)67(61)59-33-13-8-26-49(59)44-21-5-2-6-22-44)47-37-39-50-52-28-17-23-45-24-18-31-56(64(45)52)65(57(50)42-47)54-29-10-15-35-62(54)68-63-36-16-11-30-55(63)65/h1-42H. The molecular formula is C65H42N2O. The highest BCUT2D eigenvalue weighted by molar-refractivity contribution is 6.12. The maximum atomic E-state index is 6.81. The van der Waals surface area contributed by atoms with Crippen LogP contribution >= 0.6 is 0 Å². The van der Waals surface area contributed by atoms with Crippen LogP contribution in [0.1, 0.15) is 22.3 Å². The lowest BCUT2D eigenvalue weighted by Gasteiger charge is -2.45. The second kappa shape index (κ2) is 15.1. The Bertz CT molecular complexity index is 3910. The number of ether oxygens (including phenoxy) is 1. The zero-order chi connectivity index (χ0) is 44.8. The van der Waals surface area contributed by atoms with E-state index in [0.717, 1.165) is 62.0 Å². The summed E-state index contributed by atoms with van der Waals surface area (Å²) >= 11 is 0. The van der Waals surface area contributed by atoms with Crippen molar-refractivity contribution in [3.8, 4) is 50.6 Å². The molecule has 0 unspecified atom stereocenters. The van der Waals surface area contributed by atoms with E-state index < -0.39 is 5.41 Å². The molecule has 1 spiro atoms. The van der Waals surface area contributed by atoms with E-state index in [1.807, 2.05) is 0 Å². The number of benzene rings is 11. The average Bonchev–Trinajstić information content (AvgIpc) is 3.74. The lowest BCUT2D eigenvalue weighted by molar-refractivity contribution is 0.435. The fraction of sp³-hybridized carbons (Fsp3) is 0.0154. The van der Waals surface area contributed by atoms with Gasteiger partial charge in [-0.25, -0.2) is 0 Å². The van der Waals surface area contributed by atoms with Gasteiger partial charge in [0.25, 0.3) is 0 Å². The Morgan fingerprint density at radius 3 is 1.69 bits per heavy atom. The summed E-state index contributed by atoms with van der Waals surface area (Å²) in [5, 5.41) is 4.90. The molecule has 1 aliphatic heterocycles. The summed E-state index contributed by atoms with van der Waals surface area (Å²) in [6, 6.07) is 93.1. The summed E-state index contributed by atoms with van der Waals surface area (Å²) < 4.78 is 9.26. The first-order chi connectivity index (χ1) is 33.8. The van der Waals surface area contributed by atoms with Crippen LogP contribution < -0.4 is 9.64 Å². The van der Waals surface area contributed by atoms with Crippen molar-refractivity contribution in [1.29, 1.82) is 0 Å². The van der Waals surface area contributed by atoms with Gasteiger partial charge in [-0.1, -0.05) is 194 Å². The largest absolute Gasteiger partial charge is 0.457 e. The van der Waals surface area contributed by atoms with Gasteiger partial charge in [0.05, 0.1) is 27.8 Å². The number of hydrogen-bond donors (Lipinski definition) is 0. The Hall–Kier alpha value is -8.92. The quantitative estimate of drug-likeness (QED) is 0.166. The van der Waals surface area contributed by atoms with Crippen molar-refractivity contribution >= 4 is 49.6 Å². The highest BCUT2D eigenvalue weighted by atomic mass is 16.5. The van der Waals surface area contributed by atoms with Crippen LogP contribution in [0.15, 0.2) is 255 Å². The number of aromatic nitrogens is 1. The van der Waals surface area contributed by atoms with Gasteiger partial charge in [-0.15, -0.1) is 0 Å². The summed E-state index contributed by atoms with van der Waals surface area (Å²) in [5.41, 5.74) is 17.9. The normalized spacial score (nSPS) is 12.9. The maximum Gasteiger partial charge on any atom is 0.132 e. The van der Waals surface area contributed by atoms with Crippen LogP contribution in [-0.4, -0.2) is 4.57 Å². The second-order valence-corrected chi connectivity index (χ2v) is 17.9. The Morgan fingerprint density at radius 1 is 0.353 bits per heavy atom. The molecule has 0 amide bonds. The fourth-order valence-electron chi connectivity index (χ4n) is 11.7. The molecule has 0 atom stereocenters. The minimum Gasteiger partial charge on any atom is -0.457 e. The van der Waals surface area contributed by atoms with Crippen LogP contribution in [0, 0.1) is 0 Å². The lowest BCUT2D eigenvalue weighted by atomic mass is 9.58. The van der Waals surface area contributed by atoms with Crippen molar-refractivity contribution in [2.24, 2.45) is 0 Å². The minimum atomic E-state index is -0.682. The topological polar surface area (TPSA) is 17.4 Å². The van der Waals surface area contributed by atoms with Crippen LogP contribution in [0.2, 0.25) is 0 Å². The number of anilines is 3. The molecule has 1 aliphatic carbocycles. The first-order valence-corrected chi connectivity index (χ1v) is 23.4. The van der Waals surface area contributed by atoms with Gasteiger partial charge in [0.2, 0.25) is 0 Å². The van der Waals surface area contributed by atoms with Crippen LogP contribution in [0.5, 0.6) is 11.5 Å². The third kappa shape index (κ3) is 5.54. The number of nitrogens with zero attached hydrogens (tertiary/aromatic N) is 2. The number of rotatable bonds is 6. The van der Waals surface area contributed by atoms with Crippen LogP contribution in [0.25, 0.3) is 71.6 Å². The predicted octanol–water partition coefficient (Wildman–Crippen LogP) is 17.2. The Labute approximate surface area is 395 Å². The third-order valence-corrected chi connectivity index (χ3v) is 14.4. The lowest BCUT2D eigenvalue weighted by Crippen LogP contribution is -2.36. The SMILES string of the molecule is c1ccc(-c2ccccc2N(c2ccc3c(c2)C2(c4ccccc4Oc4ccccc42)c2cccc4cccc-3c24)c2ccc3c(c2)c2ccccc2n3-c2ccccc2-c2ccccc2)cc1. The van der Waals surface area contributed by atoms with Gasteiger partial charge in [0, 0.05) is 44.4 Å². The van der Waals surface area contributed by atoms with Crippen molar-refractivity contribution in [2.45, 2.75) is 5.41 Å². The molecule has 1 aromatic heterocycles. The Balaban J connectivity index is 1.07. The Kier molecular flexibility index (Phi) is 8.50. The fourth-order valence-corrected chi connectivity index (χ4v) is 11.7. The molecule has 2 aliphatic rings. The molecule has 2 heterocycles. The van der Waals surface area contributed by atoms with Gasteiger partial charge >= 0.3 is 0 Å². The van der Waals surface area contributed by atoms with Gasteiger partial charge in [-0.2, -0.15) is 0 Å². The van der Waals surface area contributed by atoms with E-state index in [1.165, 1.54) is 60.4 Å². The van der Waals surface area contributed by atoms with E-state index in [1.54, 1.807) is 0 Å². The monoisotopic (exact) mass is 866 g/mol. The van der Waals surface area contributed by atoms with Crippen LogP contribution in [-0.2, 0) is 5.41 Å². The van der Waals surface area contributed by atoms with Gasteiger partial charge in [0.15, 0.2) is 0 Å². The van der Waals surface area contributed by atoms with Gasteiger partial charge < -0.3 is 14.2 Å². The maximum absolute atomic E-state index is 6.81. The molecule has 68 heavy (non-hydrogen) atoms. The van der Waals surface area contributed by atoms with Crippen molar-refractivity contribution in [3.05, 3.63) is 277 Å². The van der Waals surface area contributed by atoms with Crippen molar-refractivity contribution in [3.63, 3.8) is 0 Å². The zero-order valence-corrected chi connectivity index (χ0v) is 37.1. The molecule has 0 N–H and O–H groups in total. The average molecular weight is 867 g/mol. The Morgan fingerprint density at radius 2 is 0.912 bits per heavy atom. The number of fused-ring (bicyclic) bond motifs is 11. The third-order valence-electron chi connectivity index (χ3n) is 14.4. The molecule has 0 saturated heterocycles. The van der Waals surface area contributed by atoms with Crippen molar-refractivity contribution < 1.29 is 4.74 Å². The summed E-state index contributed by atoms with van der Waals surface area (Å²) in [4.78, 5) is 2.48. The smallest absolute Gasteiger partial charge is 0.132 e. The summed E-state index contributed by atoms with van der Waals surface area (Å²) in [7, 11) is 0. The van der Waals surface area contributed by atoms with E-state index in [0.29, 0.717) is 0 Å². The highest BCUT2D eigenvalue weighted by Gasteiger charge is 2.49. The van der Waals surface area contributed by atoms with E-state index in [4.69, 9.17) is 4.74 Å². The van der Waals surface area contributed by atoms with E-state index in [-0.39, 0.29) is 0 Å². The molecule has 3 heteroatoms. The molecule has 11 aromatic carbocycles. The molecule has 0 saturated carbocycles. The van der Waals surface area contributed by atoms with E-state index >= 15 is 0 Å². The number of para-hydroxylation sites is 5. The zero-order valence-electron chi connectivity index (χ0n) is 37.1. The minimum absolute atomic E-state index is 0.682. The molecule has 12 aromatic rings. The van der Waals surface area contributed by atoms with Crippen LogP contribution in [0.4, 0.5) is 17.1 Å². The molecule has 0 radical (unpaired) electrons. The summed E-state index contributed by atoms with van der Waals surface area (Å²) in [5.74, 6) is 1.75. The first-order valence-electron chi connectivity index (χ1n) is 23.4. The molecule has 3 nitrogen and oxygen atoms in total. The molecule has 14 rings (SSSR count). The predicted molar refractivity (Wildman–Crippen MR) is 281 cm³/mol. The molecule has 318 valence electrons. The van der Waals surface area contributed by atoms with E-state index in [9.17, 15) is 0 Å². The van der Waals surface area contributed by atoms with Gasteiger partial charge in [-0.3, -0.25) is 0 Å². The first kappa shape index (κ1) is 38.4. The van der Waals surface area contributed by atoms with Crippen molar-refractivity contribution in [1.82, 2.24) is 4.57 Å². The second-order valence-electron chi connectivity index (χ2n) is 17.9. The van der Waals surface area contributed by atoms with Crippen molar-refractivity contribution in [2.75, 3.05) is 4.90 Å². The van der Waals surface area contributed by atoms with Gasteiger partial charge in [-0.05, 0) is 105 Å². The molecule has 0 fully saturated rings. The summed E-state index contributed by atoms with van der Waals surface area (Å²) in [6.07, 6.45) is 0. The highest BCUT2D eigenvalue weighted by Crippen LogP contribution is 2.62.